The van der Waals surface area contributed by atoms with Crippen LogP contribution in [0.4, 0.5) is 4.39 Å². The molecule has 0 bridgehead atoms. The first-order valence-corrected chi connectivity index (χ1v) is 8.24. The highest BCUT2D eigenvalue weighted by Crippen LogP contribution is 2.26. The van der Waals surface area contributed by atoms with E-state index in [0.717, 1.165) is 48.8 Å². The number of aryl methyl sites for hydroxylation is 1. The van der Waals surface area contributed by atoms with Crippen molar-refractivity contribution in [1.82, 2.24) is 10.2 Å². The summed E-state index contributed by atoms with van der Waals surface area (Å²) >= 11 is 0. The van der Waals surface area contributed by atoms with Gasteiger partial charge in [0.2, 0.25) is 0 Å². The summed E-state index contributed by atoms with van der Waals surface area (Å²) in [6.07, 6.45) is 1.11. The highest BCUT2D eigenvalue weighted by molar-refractivity contribution is 5.83. The molecule has 0 amide bonds. The zero-order chi connectivity index (χ0) is 17.1. The summed E-state index contributed by atoms with van der Waals surface area (Å²) in [5.74, 6) is 1.97. The second kappa shape index (κ2) is 7.21. The molecule has 1 aliphatic rings. The third kappa shape index (κ3) is 3.38. The van der Waals surface area contributed by atoms with Crippen molar-refractivity contribution in [3.8, 4) is 0 Å². The van der Waals surface area contributed by atoms with Crippen LogP contribution < -0.4 is 5.32 Å². The fourth-order valence-corrected chi connectivity index (χ4v) is 3.30. The van der Waals surface area contributed by atoms with Gasteiger partial charge in [-0.15, -0.1) is 0 Å². The molecular formula is C18H24FN3O2. The van der Waals surface area contributed by atoms with Crippen molar-refractivity contribution >= 4 is 16.9 Å². The van der Waals surface area contributed by atoms with E-state index in [4.69, 9.17) is 9.15 Å². The van der Waals surface area contributed by atoms with Crippen LogP contribution in [-0.4, -0.2) is 44.7 Å². The zero-order valence-corrected chi connectivity index (χ0v) is 14.4. The fourth-order valence-electron chi connectivity index (χ4n) is 3.30. The van der Waals surface area contributed by atoms with Gasteiger partial charge >= 0.3 is 0 Å². The number of hydrogen-bond acceptors (Lipinski definition) is 3. The van der Waals surface area contributed by atoms with Crippen LogP contribution in [0.2, 0.25) is 0 Å². The van der Waals surface area contributed by atoms with Crippen LogP contribution in [0.25, 0.3) is 11.0 Å². The van der Waals surface area contributed by atoms with E-state index >= 15 is 0 Å². The Morgan fingerprint density at radius 1 is 1.50 bits per heavy atom. The first-order chi connectivity index (χ1) is 11.6. The van der Waals surface area contributed by atoms with Gasteiger partial charge in [-0.3, -0.25) is 4.99 Å². The number of nitrogens with zero attached hydrogens (tertiary/aromatic N) is 2. The molecule has 0 saturated carbocycles. The number of ether oxygens (including phenoxy) is 1. The molecule has 1 N–H and O–H groups in total. The van der Waals surface area contributed by atoms with Gasteiger partial charge in [-0.2, -0.15) is 0 Å². The molecule has 130 valence electrons. The Bertz CT molecular complexity index is 741. The molecule has 0 radical (unpaired) electrons. The Hall–Kier alpha value is -2.08. The van der Waals surface area contributed by atoms with Crippen LogP contribution in [0.5, 0.6) is 0 Å². The Balaban J connectivity index is 1.67. The van der Waals surface area contributed by atoms with E-state index < -0.39 is 0 Å². The summed E-state index contributed by atoms with van der Waals surface area (Å²) in [5, 5.41) is 4.18. The molecule has 0 spiro atoms. The van der Waals surface area contributed by atoms with E-state index in [1.165, 1.54) is 12.1 Å². The lowest BCUT2D eigenvalue weighted by Crippen LogP contribution is -2.39. The van der Waals surface area contributed by atoms with Gasteiger partial charge in [-0.1, -0.05) is 0 Å². The minimum atomic E-state index is -0.247. The van der Waals surface area contributed by atoms with Crippen LogP contribution >= 0.6 is 0 Å². The predicted octanol–water partition coefficient (Wildman–Crippen LogP) is 2.92. The second-order valence-electron chi connectivity index (χ2n) is 6.25. The third-order valence-electron chi connectivity index (χ3n) is 4.60. The number of guanidine groups is 1. The van der Waals surface area contributed by atoms with Gasteiger partial charge in [0.1, 0.15) is 17.2 Å². The van der Waals surface area contributed by atoms with Crippen molar-refractivity contribution in [1.29, 1.82) is 0 Å². The standard InChI is InChI=1S/C18H24FN3O2/c1-12-15-8-14(19)4-5-16(15)24-17(12)9-21-18(20-2)22-7-6-13(10-22)11-23-3/h4-5,8,13H,6-7,9-11H2,1-3H3,(H,20,21). The van der Waals surface area contributed by atoms with Crippen molar-refractivity contribution in [2.45, 2.75) is 19.9 Å². The highest BCUT2D eigenvalue weighted by Gasteiger charge is 2.25. The average Bonchev–Trinajstić information content (AvgIpc) is 3.15. The lowest BCUT2D eigenvalue weighted by molar-refractivity contribution is 0.157. The Morgan fingerprint density at radius 3 is 3.08 bits per heavy atom. The molecule has 1 aliphatic heterocycles. The molecule has 2 heterocycles. The maximum absolute atomic E-state index is 13.4. The summed E-state index contributed by atoms with van der Waals surface area (Å²) in [7, 11) is 3.52. The van der Waals surface area contributed by atoms with Crippen LogP contribution in [0.3, 0.4) is 0 Å². The summed E-state index contributed by atoms with van der Waals surface area (Å²) in [6, 6.07) is 4.61. The molecule has 1 atom stereocenters. The average molecular weight is 333 g/mol. The normalized spacial score (nSPS) is 18.6. The number of methoxy groups -OCH3 is 1. The number of hydrogen-bond donors (Lipinski definition) is 1. The lowest BCUT2D eigenvalue weighted by Gasteiger charge is -2.21. The number of rotatable bonds is 4. The van der Waals surface area contributed by atoms with Crippen molar-refractivity contribution < 1.29 is 13.5 Å². The predicted molar refractivity (Wildman–Crippen MR) is 92.7 cm³/mol. The van der Waals surface area contributed by atoms with E-state index in [1.807, 2.05) is 6.92 Å². The number of aliphatic imine (C=N–C) groups is 1. The molecule has 24 heavy (non-hydrogen) atoms. The van der Waals surface area contributed by atoms with Crippen LogP contribution in [0, 0.1) is 18.7 Å². The molecule has 1 aromatic heterocycles. The topological polar surface area (TPSA) is 50.0 Å². The minimum Gasteiger partial charge on any atom is -0.459 e. The molecule has 6 heteroatoms. The smallest absolute Gasteiger partial charge is 0.194 e. The molecule has 1 fully saturated rings. The van der Waals surface area contributed by atoms with E-state index in [9.17, 15) is 4.39 Å². The fraction of sp³-hybridized carbons (Fsp3) is 0.500. The molecule has 5 nitrogen and oxygen atoms in total. The Labute approximate surface area is 141 Å². The minimum absolute atomic E-state index is 0.247. The van der Waals surface area contributed by atoms with Gasteiger partial charge in [0, 0.05) is 44.1 Å². The largest absolute Gasteiger partial charge is 0.459 e. The summed E-state index contributed by atoms with van der Waals surface area (Å²) in [5.41, 5.74) is 1.67. The molecule has 2 aromatic rings. The molecule has 1 unspecified atom stereocenters. The monoisotopic (exact) mass is 333 g/mol. The summed E-state index contributed by atoms with van der Waals surface area (Å²) < 4.78 is 24.5. The Kier molecular flexibility index (Phi) is 5.04. The van der Waals surface area contributed by atoms with Gasteiger partial charge in [-0.25, -0.2) is 4.39 Å². The van der Waals surface area contributed by atoms with Crippen LogP contribution in [0.1, 0.15) is 17.7 Å². The van der Waals surface area contributed by atoms with Crippen molar-refractivity contribution in [2.75, 3.05) is 33.9 Å². The van der Waals surface area contributed by atoms with E-state index in [0.29, 0.717) is 18.0 Å². The van der Waals surface area contributed by atoms with E-state index in [1.54, 1.807) is 20.2 Å². The van der Waals surface area contributed by atoms with Gasteiger partial charge in [0.15, 0.2) is 5.96 Å². The van der Waals surface area contributed by atoms with Gasteiger partial charge in [0.25, 0.3) is 0 Å². The Morgan fingerprint density at radius 2 is 2.33 bits per heavy atom. The summed E-state index contributed by atoms with van der Waals surface area (Å²) in [6.45, 7) is 5.17. The van der Waals surface area contributed by atoms with Gasteiger partial charge < -0.3 is 19.4 Å². The van der Waals surface area contributed by atoms with E-state index in [-0.39, 0.29) is 5.82 Å². The molecule has 1 aromatic carbocycles. The first-order valence-electron chi connectivity index (χ1n) is 8.24. The van der Waals surface area contributed by atoms with Crippen molar-refractivity contribution in [2.24, 2.45) is 10.9 Å². The summed E-state index contributed by atoms with van der Waals surface area (Å²) in [4.78, 5) is 6.60. The maximum atomic E-state index is 13.4. The highest BCUT2D eigenvalue weighted by atomic mass is 19.1. The lowest BCUT2D eigenvalue weighted by atomic mass is 10.1. The zero-order valence-electron chi connectivity index (χ0n) is 14.4. The number of benzene rings is 1. The van der Waals surface area contributed by atoms with Crippen LogP contribution in [0.15, 0.2) is 27.6 Å². The molecular weight excluding hydrogens is 309 g/mol. The molecule has 1 saturated heterocycles. The van der Waals surface area contributed by atoms with Crippen LogP contribution in [-0.2, 0) is 11.3 Å². The van der Waals surface area contributed by atoms with Crippen molar-refractivity contribution in [3.63, 3.8) is 0 Å². The van der Waals surface area contributed by atoms with E-state index in [2.05, 4.69) is 15.2 Å². The number of likely N-dealkylation sites (tertiary alicyclic amines) is 1. The number of furan rings is 1. The van der Waals surface area contributed by atoms with Crippen molar-refractivity contribution in [3.05, 3.63) is 35.3 Å². The number of fused-ring (bicyclic) bond motifs is 1. The first kappa shape index (κ1) is 16.8. The molecule has 3 rings (SSSR count). The quantitative estimate of drug-likeness (QED) is 0.690. The SMILES string of the molecule is CN=C(NCc1oc2ccc(F)cc2c1C)N1CCC(COC)C1. The number of halogens is 1. The maximum Gasteiger partial charge on any atom is 0.194 e. The number of nitrogens with one attached hydrogen (secondary N) is 1. The third-order valence-corrected chi connectivity index (χ3v) is 4.60. The van der Waals surface area contributed by atoms with Gasteiger partial charge in [-0.05, 0) is 31.5 Å². The molecule has 0 aliphatic carbocycles. The second-order valence-corrected chi connectivity index (χ2v) is 6.25. The van der Waals surface area contributed by atoms with Gasteiger partial charge in [0.05, 0.1) is 13.2 Å².